The number of benzene rings is 1. The van der Waals surface area contributed by atoms with Crippen molar-refractivity contribution in [3.05, 3.63) is 35.4 Å². The van der Waals surface area contributed by atoms with Gasteiger partial charge in [-0.05, 0) is 25.0 Å². The lowest BCUT2D eigenvalue weighted by molar-refractivity contribution is 0.0417. The van der Waals surface area contributed by atoms with Crippen molar-refractivity contribution in [2.75, 3.05) is 25.4 Å². The molecule has 1 aromatic carbocycles. The van der Waals surface area contributed by atoms with Crippen LogP contribution in [0, 0.1) is 11.3 Å². The van der Waals surface area contributed by atoms with Gasteiger partial charge in [-0.1, -0.05) is 18.2 Å². The quantitative estimate of drug-likeness (QED) is 0.853. The van der Waals surface area contributed by atoms with E-state index < -0.39 is 0 Å². The first-order valence-electron chi connectivity index (χ1n) is 7.20. The van der Waals surface area contributed by atoms with Crippen molar-refractivity contribution in [3.63, 3.8) is 0 Å². The second-order valence-electron chi connectivity index (χ2n) is 5.69. The molecule has 0 bridgehead atoms. The van der Waals surface area contributed by atoms with E-state index >= 15 is 0 Å². The van der Waals surface area contributed by atoms with E-state index in [0.717, 1.165) is 43.1 Å². The van der Waals surface area contributed by atoms with Crippen LogP contribution >= 0.6 is 11.8 Å². The predicted molar refractivity (Wildman–Crippen MR) is 81.7 cm³/mol. The number of rotatable bonds is 4. The van der Waals surface area contributed by atoms with Gasteiger partial charge < -0.3 is 4.74 Å². The Labute approximate surface area is 124 Å². The zero-order valence-electron chi connectivity index (χ0n) is 11.8. The molecule has 20 heavy (non-hydrogen) atoms. The minimum atomic E-state index is 0.418. The van der Waals surface area contributed by atoms with Crippen LogP contribution in [0.4, 0.5) is 0 Å². The van der Waals surface area contributed by atoms with Gasteiger partial charge in [0.15, 0.2) is 0 Å². The van der Waals surface area contributed by atoms with Crippen molar-refractivity contribution >= 4 is 11.8 Å². The predicted octanol–water partition coefficient (Wildman–Crippen LogP) is 2.65. The molecule has 3 rings (SSSR count). The van der Waals surface area contributed by atoms with Gasteiger partial charge in [-0.3, -0.25) is 4.90 Å². The lowest BCUT2D eigenvalue weighted by Gasteiger charge is -2.47. The van der Waals surface area contributed by atoms with Crippen LogP contribution in [0.15, 0.2) is 24.3 Å². The van der Waals surface area contributed by atoms with Crippen LogP contribution < -0.4 is 0 Å². The minimum Gasteiger partial charge on any atom is -0.378 e. The first kappa shape index (κ1) is 13.9. The van der Waals surface area contributed by atoms with E-state index in [9.17, 15) is 0 Å². The number of thioether (sulfide) groups is 1. The molecule has 3 nitrogen and oxygen atoms in total. The fraction of sp³-hybridized carbons (Fsp3) is 0.562. The lowest BCUT2D eigenvalue weighted by atomic mass is 9.92. The Morgan fingerprint density at radius 3 is 3.00 bits per heavy atom. The molecule has 4 heteroatoms. The van der Waals surface area contributed by atoms with E-state index in [1.807, 2.05) is 18.2 Å². The number of hydrogen-bond acceptors (Lipinski definition) is 4. The third kappa shape index (κ3) is 2.71. The zero-order valence-corrected chi connectivity index (χ0v) is 12.7. The summed E-state index contributed by atoms with van der Waals surface area (Å²) in [5.74, 6) is 1.14. The summed E-state index contributed by atoms with van der Waals surface area (Å²) in [4.78, 5) is 2.44. The Balaban J connectivity index is 1.55. The van der Waals surface area contributed by atoms with Gasteiger partial charge in [-0.2, -0.15) is 5.26 Å². The molecule has 0 saturated carbocycles. The van der Waals surface area contributed by atoms with E-state index in [0.29, 0.717) is 10.9 Å². The molecule has 0 unspecified atom stereocenters. The summed E-state index contributed by atoms with van der Waals surface area (Å²) in [6.45, 7) is 6.04. The van der Waals surface area contributed by atoms with Crippen LogP contribution in [0.1, 0.15) is 24.5 Å². The summed E-state index contributed by atoms with van der Waals surface area (Å²) in [7, 11) is 0. The summed E-state index contributed by atoms with van der Waals surface area (Å²) in [6, 6.07) is 10.2. The third-order valence-electron chi connectivity index (χ3n) is 4.13. The molecule has 2 heterocycles. The molecule has 0 aliphatic carbocycles. The Kier molecular flexibility index (Phi) is 4.02. The molecule has 2 aliphatic rings. The van der Waals surface area contributed by atoms with Gasteiger partial charge in [0.2, 0.25) is 0 Å². The van der Waals surface area contributed by atoms with Gasteiger partial charge in [-0.25, -0.2) is 0 Å². The standard InChI is InChI=1S/C16H20N2OS/c1-2-19-15-7-16(20-10-15)11-18(12-16)9-14-6-4-3-5-13(14)8-17/h3-6,15H,2,7,9-12H2,1H3/t15-/m1/s1. The molecule has 0 amide bonds. The lowest BCUT2D eigenvalue weighted by Crippen LogP contribution is -2.58. The number of likely N-dealkylation sites (tertiary alicyclic amines) is 1. The van der Waals surface area contributed by atoms with E-state index in [1.54, 1.807) is 0 Å². The fourth-order valence-corrected chi connectivity index (χ4v) is 4.86. The van der Waals surface area contributed by atoms with Crippen molar-refractivity contribution in [2.45, 2.75) is 30.7 Å². The molecular formula is C16H20N2OS. The molecule has 0 N–H and O–H groups in total. The van der Waals surface area contributed by atoms with Crippen molar-refractivity contribution in [1.29, 1.82) is 5.26 Å². The Morgan fingerprint density at radius 1 is 1.45 bits per heavy atom. The molecule has 1 aromatic rings. The van der Waals surface area contributed by atoms with Crippen LogP contribution in [-0.4, -0.2) is 41.2 Å². The fourth-order valence-electron chi connectivity index (χ4n) is 3.25. The highest BCUT2D eigenvalue weighted by atomic mass is 32.2. The first-order valence-corrected chi connectivity index (χ1v) is 8.19. The summed E-state index contributed by atoms with van der Waals surface area (Å²) in [5.41, 5.74) is 1.95. The molecule has 2 fully saturated rings. The second kappa shape index (κ2) is 5.77. The maximum atomic E-state index is 9.13. The van der Waals surface area contributed by atoms with Gasteiger partial charge in [0.1, 0.15) is 0 Å². The van der Waals surface area contributed by atoms with Gasteiger partial charge in [0.25, 0.3) is 0 Å². The van der Waals surface area contributed by atoms with E-state index in [4.69, 9.17) is 10.00 Å². The Bertz CT molecular complexity index is 519. The number of ether oxygens (including phenoxy) is 1. The Morgan fingerprint density at radius 2 is 2.25 bits per heavy atom. The van der Waals surface area contributed by atoms with Crippen LogP contribution in [0.5, 0.6) is 0 Å². The summed E-state index contributed by atoms with van der Waals surface area (Å²) in [5, 5.41) is 9.13. The molecule has 2 aliphatic heterocycles. The molecule has 1 spiro atoms. The molecule has 0 aromatic heterocycles. The highest BCUT2D eigenvalue weighted by Gasteiger charge is 2.49. The van der Waals surface area contributed by atoms with E-state index in [-0.39, 0.29) is 0 Å². The topological polar surface area (TPSA) is 36.3 Å². The second-order valence-corrected chi connectivity index (χ2v) is 7.18. The van der Waals surface area contributed by atoms with Gasteiger partial charge in [0, 0.05) is 36.7 Å². The van der Waals surface area contributed by atoms with E-state index in [2.05, 4.69) is 35.7 Å². The van der Waals surface area contributed by atoms with Crippen molar-refractivity contribution in [2.24, 2.45) is 0 Å². The summed E-state index contributed by atoms with van der Waals surface area (Å²) < 4.78 is 6.16. The highest BCUT2D eigenvalue weighted by molar-refractivity contribution is 8.01. The molecule has 106 valence electrons. The molecule has 2 saturated heterocycles. The normalized spacial score (nSPS) is 24.5. The van der Waals surface area contributed by atoms with Crippen LogP contribution in [0.2, 0.25) is 0 Å². The van der Waals surface area contributed by atoms with Crippen molar-refractivity contribution in [3.8, 4) is 6.07 Å². The summed E-state index contributed by atoms with van der Waals surface area (Å²) in [6.07, 6.45) is 1.63. The van der Waals surface area contributed by atoms with Crippen LogP contribution in [0.3, 0.4) is 0 Å². The smallest absolute Gasteiger partial charge is 0.0995 e. The van der Waals surface area contributed by atoms with Crippen molar-refractivity contribution < 1.29 is 4.74 Å². The average Bonchev–Trinajstić information content (AvgIpc) is 2.83. The van der Waals surface area contributed by atoms with Gasteiger partial charge in [0.05, 0.1) is 17.7 Å². The molecule has 0 radical (unpaired) electrons. The Hall–Kier alpha value is -1.02. The summed E-state index contributed by atoms with van der Waals surface area (Å²) >= 11 is 2.07. The molecule has 1 atom stereocenters. The average molecular weight is 288 g/mol. The highest BCUT2D eigenvalue weighted by Crippen LogP contribution is 2.46. The minimum absolute atomic E-state index is 0.418. The van der Waals surface area contributed by atoms with Gasteiger partial charge in [-0.15, -0.1) is 11.8 Å². The SMILES string of the molecule is CCO[C@H]1CSC2(C1)CN(Cc1ccccc1C#N)C2. The largest absolute Gasteiger partial charge is 0.378 e. The monoisotopic (exact) mass is 288 g/mol. The van der Waals surface area contributed by atoms with E-state index in [1.165, 1.54) is 6.42 Å². The van der Waals surface area contributed by atoms with Gasteiger partial charge >= 0.3 is 0 Å². The molecular weight excluding hydrogens is 268 g/mol. The van der Waals surface area contributed by atoms with Crippen LogP contribution in [-0.2, 0) is 11.3 Å². The number of nitriles is 1. The third-order valence-corrected chi connectivity index (χ3v) is 5.71. The van der Waals surface area contributed by atoms with Crippen LogP contribution in [0.25, 0.3) is 0 Å². The first-order chi connectivity index (χ1) is 9.74. The van der Waals surface area contributed by atoms with Crippen molar-refractivity contribution in [1.82, 2.24) is 4.90 Å². The number of nitrogens with zero attached hydrogens (tertiary/aromatic N) is 2. The number of hydrogen-bond donors (Lipinski definition) is 0. The zero-order chi connectivity index (χ0) is 14.0. The maximum Gasteiger partial charge on any atom is 0.0995 e. The maximum absolute atomic E-state index is 9.13.